The molecule has 1 heterocycles. The van der Waals surface area contributed by atoms with Crippen LogP contribution in [0.3, 0.4) is 0 Å². The van der Waals surface area contributed by atoms with Gasteiger partial charge in [-0.25, -0.2) is 0 Å². The molecule has 0 amide bonds. The van der Waals surface area contributed by atoms with Gasteiger partial charge in [0, 0.05) is 5.92 Å². The summed E-state index contributed by atoms with van der Waals surface area (Å²) >= 11 is 0. The van der Waals surface area contributed by atoms with Gasteiger partial charge in [-0.3, -0.25) is 0 Å². The number of nitrogens with two attached hydrogens (primary N) is 1. The standard InChI is InChI=1S/C6H13N/c1-6-3-2-4-7-5-6/h6-7H,2-5H2,1H3/p+1. The first kappa shape index (κ1) is 5.10. The summed E-state index contributed by atoms with van der Waals surface area (Å²) in [6.07, 6.45) is 2.89. The molecule has 0 aromatic rings. The van der Waals surface area contributed by atoms with Crippen LogP contribution in [0.25, 0.3) is 0 Å². The van der Waals surface area contributed by atoms with Gasteiger partial charge < -0.3 is 5.32 Å². The Morgan fingerprint density at radius 1 is 1.57 bits per heavy atom. The molecule has 0 spiro atoms. The van der Waals surface area contributed by atoms with Gasteiger partial charge in [0.2, 0.25) is 0 Å². The zero-order valence-corrected chi connectivity index (χ0v) is 4.98. The summed E-state index contributed by atoms with van der Waals surface area (Å²) in [7, 11) is 0. The second-order valence-corrected chi connectivity index (χ2v) is 2.56. The van der Waals surface area contributed by atoms with E-state index in [9.17, 15) is 0 Å². The lowest BCUT2D eigenvalue weighted by Gasteiger charge is -2.14. The Hall–Kier alpha value is -0.0400. The third kappa shape index (κ3) is 1.48. The molecule has 1 atom stereocenters. The summed E-state index contributed by atoms with van der Waals surface area (Å²) in [4.78, 5) is 0. The normalized spacial score (nSPS) is 33.0. The van der Waals surface area contributed by atoms with Gasteiger partial charge in [-0.15, -0.1) is 0 Å². The van der Waals surface area contributed by atoms with E-state index in [0.717, 1.165) is 5.92 Å². The van der Waals surface area contributed by atoms with Crippen molar-refractivity contribution >= 4 is 0 Å². The Balaban J connectivity index is 2.12. The lowest BCUT2D eigenvalue weighted by atomic mass is 10.0. The molecule has 1 heteroatoms. The molecule has 42 valence electrons. The van der Waals surface area contributed by atoms with Crippen LogP contribution in [-0.4, -0.2) is 13.1 Å². The van der Waals surface area contributed by atoms with Crippen molar-refractivity contribution in [3.63, 3.8) is 0 Å². The molecule has 0 saturated carbocycles. The fraction of sp³-hybridized carbons (Fsp3) is 1.00. The average Bonchev–Trinajstić information content (AvgIpc) is 1.69. The van der Waals surface area contributed by atoms with E-state index in [-0.39, 0.29) is 0 Å². The van der Waals surface area contributed by atoms with Crippen molar-refractivity contribution in [3.8, 4) is 0 Å². The zero-order valence-electron chi connectivity index (χ0n) is 4.98. The molecule has 1 fully saturated rings. The molecule has 1 aliphatic rings. The van der Waals surface area contributed by atoms with Crippen LogP contribution in [0, 0.1) is 5.92 Å². The fourth-order valence-electron chi connectivity index (χ4n) is 1.13. The van der Waals surface area contributed by atoms with Crippen molar-refractivity contribution in [1.82, 2.24) is 0 Å². The van der Waals surface area contributed by atoms with E-state index in [4.69, 9.17) is 0 Å². The maximum atomic E-state index is 2.41. The van der Waals surface area contributed by atoms with E-state index in [0.29, 0.717) is 0 Å². The molecule has 0 aliphatic carbocycles. The first-order valence-electron chi connectivity index (χ1n) is 3.21. The quantitative estimate of drug-likeness (QED) is 0.440. The molecule has 2 N–H and O–H groups in total. The summed E-state index contributed by atoms with van der Waals surface area (Å²) < 4.78 is 0. The molecule has 0 radical (unpaired) electrons. The minimum Gasteiger partial charge on any atom is -0.346 e. The highest BCUT2D eigenvalue weighted by Crippen LogP contribution is 2.02. The SMILES string of the molecule is CC1CCC[NH2+]C1. The molecule has 1 saturated heterocycles. The van der Waals surface area contributed by atoms with E-state index in [1.165, 1.54) is 25.9 Å². The van der Waals surface area contributed by atoms with Crippen LogP contribution < -0.4 is 5.32 Å². The molecule has 1 rings (SSSR count). The second kappa shape index (κ2) is 2.31. The van der Waals surface area contributed by atoms with Crippen LogP contribution >= 0.6 is 0 Å². The Labute approximate surface area is 45.1 Å². The maximum Gasteiger partial charge on any atom is 0.0781 e. The van der Waals surface area contributed by atoms with E-state index in [1.807, 2.05) is 0 Å². The van der Waals surface area contributed by atoms with Crippen LogP contribution in [0.15, 0.2) is 0 Å². The molecule has 0 aromatic heterocycles. The van der Waals surface area contributed by atoms with E-state index >= 15 is 0 Å². The van der Waals surface area contributed by atoms with Gasteiger partial charge in [0.25, 0.3) is 0 Å². The maximum absolute atomic E-state index is 2.41. The topological polar surface area (TPSA) is 16.6 Å². The Kier molecular flexibility index (Phi) is 1.69. The monoisotopic (exact) mass is 100 g/mol. The average molecular weight is 100 g/mol. The number of rotatable bonds is 0. The van der Waals surface area contributed by atoms with E-state index in [1.54, 1.807) is 0 Å². The van der Waals surface area contributed by atoms with Crippen LogP contribution in [0.2, 0.25) is 0 Å². The predicted molar refractivity (Wildman–Crippen MR) is 30.1 cm³/mol. The molecule has 0 bridgehead atoms. The van der Waals surface area contributed by atoms with Gasteiger partial charge in [0.1, 0.15) is 0 Å². The zero-order chi connectivity index (χ0) is 5.11. The lowest BCUT2D eigenvalue weighted by molar-refractivity contribution is -0.668. The minimum atomic E-state index is 0.980. The van der Waals surface area contributed by atoms with Crippen molar-refractivity contribution in [2.45, 2.75) is 19.8 Å². The number of hydrogen-bond acceptors (Lipinski definition) is 0. The minimum absolute atomic E-state index is 0.980. The number of piperidine rings is 1. The van der Waals surface area contributed by atoms with E-state index < -0.39 is 0 Å². The molecular weight excluding hydrogens is 86.1 g/mol. The molecular formula is C6H14N+. The first-order valence-corrected chi connectivity index (χ1v) is 3.21. The van der Waals surface area contributed by atoms with Crippen molar-refractivity contribution < 1.29 is 5.32 Å². The van der Waals surface area contributed by atoms with Gasteiger partial charge in [-0.1, -0.05) is 6.92 Å². The van der Waals surface area contributed by atoms with Crippen molar-refractivity contribution in [2.75, 3.05) is 13.1 Å². The van der Waals surface area contributed by atoms with Gasteiger partial charge in [-0.2, -0.15) is 0 Å². The van der Waals surface area contributed by atoms with Crippen LogP contribution in [-0.2, 0) is 0 Å². The Morgan fingerprint density at radius 2 is 2.43 bits per heavy atom. The van der Waals surface area contributed by atoms with Gasteiger partial charge in [-0.05, 0) is 12.8 Å². The molecule has 0 aromatic carbocycles. The fourth-order valence-corrected chi connectivity index (χ4v) is 1.13. The van der Waals surface area contributed by atoms with Crippen molar-refractivity contribution in [3.05, 3.63) is 0 Å². The smallest absolute Gasteiger partial charge is 0.0781 e. The largest absolute Gasteiger partial charge is 0.346 e. The summed E-state index contributed by atoms with van der Waals surface area (Å²) in [6.45, 7) is 5.06. The predicted octanol–water partition coefficient (Wildman–Crippen LogP) is -0.0203. The summed E-state index contributed by atoms with van der Waals surface area (Å²) in [5, 5.41) is 2.41. The third-order valence-electron chi connectivity index (χ3n) is 1.67. The second-order valence-electron chi connectivity index (χ2n) is 2.56. The third-order valence-corrected chi connectivity index (χ3v) is 1.67. The van der Waals surface area contributed by atoms with Crippen LogP contribution in [0.1, 0.15) is 19.8 Å². The molecule has 1 aliphatic heterocycles. The highest BCUT2D eigenvalue weighted by atomic mass is 14.9. The number of quaternary nitrogens is 1. The highest BCUT2D eigenvalue weighted by Gasteiger charge is 2.08. The highest BCUT2D eigenvalue weighted by molar-refractivity contribution is 4.51. The Morgan fingerprint density at radius 3 is 2.71 bits per heavy atom. The summed E-state index contributed by atoms with van der Waals surface area (Å²) in [6, 6.07) is 0. The van der Waals surface area contributed by atoms with Crippen LogP contribution in [0.5, 0.6) is 0 Å². The first-order chi connectivity index (χ1) is 3.39. The molecule has 7 heavy (non-hydrogen) atoms. The Bertz CT molecular complexity index is 46.1. The van der Waals surface area contributed by atoms with Crippen LogP contribution in [0.4, 0.5) is 0 Å². The van der Waals surface area contributed by atoms with E-state index in [2.05, 4.69) is 12.2 Å². The molecule has 1 nitrogen and oxygen atoms in total. The number of hydrogen-bond donors (Lipinski definition) is 1. The van der Waals surface area contributed by atoms with Crippen molar-refractivity contribution in [1.29, 1.82) is 0 Å². The summed E-state index contributed by atoms with van der Waals surface area (Å²) in [5.74, 6) is 0.980. The van der Waals surface area contributed by atoms with Gasteiger partial charge >= 0.3 is 0 Å². The lowest BCUT2D eigenvalue weighted by Crippen LogP contribution is -2.87. The summed E-state index contributed by atoms with van der Waals surface area (Å²) in [5.41, 5.74) is 0. The van der Waals surface area contributed by atoms with Crippen molar-refractivity contribution in [2.24, 2.45) is 5.92 Å². The molecule has 1 unspecified atom stereocenters. The van der Waals surface area contributed by atoms with Gasteiger partial charge in [0.15, 0.2) is 0 Å². The van der Waals surface area contributed by atoms with Gasteiger partial charge in [0.05, 0.1) is 13.1 Å².